The number of rotatable bonds is 7. The molecule has 0 saturated carbocycles. The summed E-state index contributed by atoms with van der Waals surface area (Å²) in [6.07, 6.45) is 1.68. The van der Waals surface area contributed by atoms with Crippen LogP contribution in [0.3, 0.4) is 0 Å². The van der Waals surface area contributed by atoms with Crippen molar-refractivity contribution in [3.63, 3.8) is 0 Å². The molecule has 7 heteroatoms. The van der Waals surface area contributed by atoms with E-state index >= 15 is 0 Å². The third kappa shape index (κ3) is 5.16. The lowest BCUT2D eigenvalue weighted by atomic mass is 10.2. The van der Waals surface area contributed by atoms with Crippen molar-refractivity contribution in [3.05, 3.63) is 20.8 Å². The van der Waals surface area contributed by atoms with Crippen LogP contribution in [0.25, 0.3) is 0 Å². The van der Waals surface area contributed by atoms with Crippen LogP contribution in [0.5, 0.6) is 0 Å². The summed E-state index contributed by atoms with van der Waals surface area (Å²) >= 11 is 4.97. The summed E-state index contributed by atoms with van der Waals surface area (Å²) in [6, 6.07) is 2.72. The molecule has 1 aromatic heterocycles. The number of carbonyl (C=O) groups is 2. The highest BCUT2D eigenvalue weighted by Crippen LogP contribution is 2.23. The molecule has 0 aliphatic heterocycles. The second-order valence-electron chi connectivity index (χ2n) is 3.70. The van der Waals surface area contributed by atoms with Crippen LogP contribution >= 0.6 is 27.3 Å². The first-order valence-corrected chi connectivity index (χ1v) is 7.01. The third-order valence-electron chi connectivity index (χ3n) is 2.27. The van der Waals surface area contributed by atoms with Gasteiger partial charge in [0, 0.05) is 11.3 Å². The van der Waals surface area contributed by atoms with Gasteiger partial charge in [0.1, 0.15) is 6.04 Å². The van der Waals surface area contributed by atoms with Crippen LogP contribution in [-0.4, -0.2) is 34.7 Å². The first-order chi connectivity index (χ1) is 8.52. The molecular formula is C11H14BrNO4S. The zero-order valence-corrected chi connectivity index (χ0v) is 12.0. The number of thiophene rings is 1. The van der Waals surface area contributed by atoms with Crippen LogP contribution < -0.4 is 5.32 Å². The monoisotopic (exact) mass is 335 g/mol. The van der Waals surface area contributed by atoms with Gasteiger partial charge in [0.2, 0.25) is 5.91 Å². The molecule has 1 rings (SSSR count). The molecule has 0 spiro atoms. The largest absolute Gasteiger partial charge is 0.480 e. The normalized spacial score (nSPS) is 12.1. The van der Waals surface area contributed by atoms with Gasteiger partial charge in [-0.05, 0) is 40.9 Å². The molecule has 5 nitrogen and oxygen atoms in total. The van der Waals surface area contributed by atoms with Gasteiger partial charge in [-0.1, -0.05) is 0 Å². The molecule has 0 saturated heterocycles. The predicted molar refractivity (Wildman–Crippen MR) is 71.6 cm³/mol. The quantitative estimate of drug-likeness (QED) is 0.702. The lowest BCUT2D eigenvalue weighted by molar-refractivity contribution is -0.142. The van der Waals surface area contributed by atoms with Crippen molar-refractivity contribution in [2.45, 2.75) is 25.3 Å². The first-order valence-electron chi connectivity index (χ1n) is 5.40. The van der Waals surface area contributed by atoms with E-state index in [4.69, 9.17) is 10.2 Å². The number of carboxylic acid groups (broad SMARTS) is 1. The van der Waals surface area contributed by atoms with E-state index in [0.29, 0.717) is 6.42 Å². The van der Waals surface area contributed by atoms with Crippen molar-refractivity contribution in [3.8, 4) is 0 Å². The van der Waals surface area contributed by atoms with Crippen molar-refractivity contribution in [2.75, 3.05) is 6.61 Å². The summed E-state index contributed by atoms with van der Waals surface area (Å²) in [5.74, 6) is -1.58. The van der Waals surface area contributed by atoms with Gasteiger partial charge in [0.05, 0.1) is 10.4 Å². The molecule has 0 bridgehead atoms. The van der Waals surface area contributed by atoms with Gasteiger partial charge in [0.25, 0.3) is 0 Å². The summed E-state index contributed by atoms with van der Waals surface area (Å²) < 4.78 is 1.05. The zero-order chi connectivity index (χ0) is 13.5. The number of carbonyl (C=O) groups excluding carboxylic acids is 1. The summed E-state index contributed by atoms with van der Waals surface area (Å²) in [6.45, 7) is -0.598. The summed E-state index contributed by atoms with van der Waals surface area (Å²) in [4.78, 5) is 23.2. The van der Waals surface area contributed by atoms with Crippen LogP contribution in [0.4, 0.5) is 0 Å². The van der Waals surface area contributed by atoms with Crippen LogP contribution in [0.15, 0.2) is 15.9 Å². The number of aliphatic hydroxyl groups excluding tert-OH is 1. The number of amides is 1. The molecule has 1 amide bonds. The van der Waals surface area contributed by atoms with Gasteiger partial charge in [-0.25, -0.2) is 4.79 Å². The second kappa shape index (κ2) is 7.50. The first kappa shape index (κ1) is 15.1. The Morgan fingerprint density at radius 1 is 1.44 bits per heavy atom. The number of aryl methyl sites for hydroxylation is 1. The number of carboxylic acids is 1. The Morgan fingerprint density at radius 3 is 2.67 bits per heavy atom. The average molecular weight is 336 g/mol. The number of halogens is 1. The fourth-order valence-electron chi connectivity index (χ4n) is 1.36. The molecule has 0 aromatic carbocycles. The smallest absolute Gasteiger partial charge is 0.328 e. The van der Waals surface area contributed by atoms with Gasteiger partial charge in [-0.15, -0.1) is 11.3 Å². The van der Waals surface area contributed by atoms with Gasteiger partial charge in [-0.2, -0.15) is 0 Å². The molecule has 1 aromatic rings. The number of aliphatic hydroxyl groups is 1. The number of nitrogens with one attached hydrogen (secondary N) is 1. The molecule has 100 valence electrons. The number of hydrogen-bond donors (Lipinski definition) is 3. The Hall–Kier alpha value is -0.920. The van der Waals surface area contributed by atoms with Crippen LogP contribution in [-0.2, 0) is 16.0 Å². The fraction of sp³-hybridized carbons (Fsp3) is 0.455. The predicted octanol–water partition coefficient (Wildman–Crippen LogP) is 1.40. The SMILES string of the molecule is O=C(CCCc1ccc(Br)s1)N[C@@H](CO)C(=O)O. The Balaban J connectivity index is 2.26. The lowest BCUT2D eigenvalue weighted by Crippen LogP contribution is -2.43. The lowest BCUT2D eigenvalue weighted by Gasteiger charge is -2.11. The van der Waals surface area contributed by atoms with Crippen molar-refractivity contribution < 1.29 is 19.8 Å². The van der Waals surface area contributed by atoms with E-state index in [1.54, 1.807) is 11.3 Å². The van der Waals surface area contributed by atoms with Gasteiger partial charge >= 0.3 is 5.97 Å². The standard InChI is InChI=1S/C11H14BrNO4S/c12-9-5-4-7(18-9)2-1-3-10(15)13-8(6-14)11(16)17/h4-5,8,14H,1-3,6H2,(H,13,15)(H,16,17)/t8-/m0/s1. The molecule has 1 atom stereocenters. The van der Waals surface area contributed by atoms with E-state index in [0.717, 1.165) is 10.2 Å². The van der Waals surface area contributed by atoms with E-state index in [1.165, 1.54) is 4.88 Å². The molecule has 18 heavy (non-hydrogen) atoms. The maximum Gasteiger partial charge on any atom is 0.328 e. The molecular weight excluding hydrogens is 322 g/mol. The molecule has 0 fully saturated rings. The highest BCUT2D eigenvalue weighted by molar-refractivity contribution is 9.11. The third-order valence-corrected chi connectivity index (χ3v) is 3.96. The maximum atomic E-state index is 11.4. The van der Waals surface area contributed by atoms with Crippen LogP contribution in [0, 0.1) is 0 Å². The Morgan fingerprint density at radius 2 is 2.17 bits per heavy atom. The van der Waals surface area contributed by atoms with E-state index < -0.39 is 18.6 Å². The molecule has 0 aliphatic carbocycles. The summed E-state index contributed by atoms with van der Waals surface area (Å²) in [5, 5.41) is 19.7. The maximum absolute atomic E-state index is 11.4. The summed E-state index contributed by atoms with van der Waals surface area (Å²) in [5.41, 5.74) is 0. The van der Waals surface area contributed by atoms with Crippen molar-refractivity contribution in [2.24, 2.45) is 0 Å². The van der Waals surface area contributed by atoms with E-state index in [-0.39, 0.29) is 12.3 Å². The Kier molecular flexibility index (Phi) is 6.31. The highest BCUT2D eigenvalue weighted by Gasteiger charge is 2.18. The van der Waals surface area contributed by atoms with Gasteiger partial charge in [-0.3, -0.25) is 4.79 Å². The van der Waals surface area contributed by atoms with Gasteiger partial charge in [0.15, 0.2) is 0 Å². The van der Waals surface area contributed by atoms with E-state index in [2.05, 4.69) is 21.2 Å². The fourth-order valence-corrected chi connectivity index (χ4v) is 2.89. The highest BCUT2D eigenvalue weighted by atomic mass is 79.9. The number of aliphatic carboxylic acids is 1. The van der Waals surface area contributed by atoms with Crippen LogP contribution in [0.2, 0.25) is 0 Å². The Labute approximate surface area is 117 Å². The van der Waals surface area contributed by atoms with Crippen molar-refractivity contribution in [1.29, 1.82) is 0 Å². The minimum atomic E-state index is -1.23. The zero-order valence-electron chi connectivity index (χ0n) is 9.56. The van der Waals surface area contributed by atoms with Gasteiger partial charge < -0.3 is 15.5 Å². The molecule has 0 aliphatic rings. The van der Waals surface area contributed by atoms with Crippen molar-refractivity contribution in [1.82, 2.24) is 5.32 Å². The molecule has 1 heterocycles. The molecule has 0 unspecified atom stereocenters. The summed E-state index contributed by atoms with van der Waals surface area (Å²) in [7, 11) is 0. The van der Waals surface area contributed by atoms with Crippen molar-refractivity contribution >= 4 is 39.1 Å². The number of hydrogen-bond acceptors (Lipinski definition) is 4. The topological polar surface area (TPSA) is 86.6 Å². The minimum absolute atomic E-state index is 0.249. The minimum Gasteiger partial charge on any atom is -0.480 e. The Bertz CT molecular complexity index is 421. The van der Waals surface area contributed by atoms with E-state index in [9.17, 15) is 9.59 Å². The second-order valence-corrected chi connectivity index (χ2v) is 6.25. The molecule has 0 radical (unpaired) electrons. The average Bonchev–Trinajstić information content (AvgIpc) is 2.71. The van der Waals surface area contributed by atoms with Crippen LogP contribution in [0.1, 0.15) is 17.7 Å². The molecule has 3 N–H and O–H groups in total. The van der Waals surface area contributed by atoms with E-state index in [1.807, 2.05) is 12.1 Å².